The predicted octanol–water partition coefficient (Wildman–Crippen LogP) is 3.89. The van der Waals surface area contributed by atoms with E-state index in [9.17, 15) is 9.59 Å². The lowest BCUT2D eigenvalue weighted by atomic mass is 9.89. The number of hydrogen-bond acceptors (Lipinski definition) is 2. The number of carbonyl (C=O) groups excluding carboxylic acids is 2. The lowest BCUT2D eigenvalue weighted by Crippen LogP contribution is -2.32. The Bertz CT molecular complexity index is 758. The molecule has 4 heteroatoms. The summed E-state index contributed by atoms with van der Waals surface area (Å²) in [5.41, 5.74) is 3.29. The number of fused-ring (bicyclic) bond motifs is 1. The summed E-state index contributed by atoms with van der Waals surface area (Å²) in [5, 5.41) is 5.98. The highest BCUT2D eigenvalue weighted by Crippen LogP contribution is 2.27. The Hall–Kier alpha value is -2.62. The van der Waals surface area contributed by atoms with Gasteiger partial charge in [-0.15, -0.1) is 0 Å². The number of hydrogen-bond donors (Lipinski definition) is 2. The smallest absolute Gasteiger partial charge is 0.227 e. The van der Waals surface area contributed by atoms with Gasteiger partial charge in [-0.3, -0.25) is 9.59 Å². The molecule has 0 bridgehead atoms. The lowest BCUT2D eigenvalue weighted by Gasteiger charge is -2.24. The molecule has 26 heavy (non-hydrogen) atoms. The largest absolute Gasteiger partial charge is 0.355 e. The molecule has 136 valence electrons. The monoisotopic (exact) mass is 350 g/mol. The van der Waals surface area contributed by atoms with Crippen molar-refractivity contribution >= 4 is 17.5 Å². The quantitative estimate of drug-likeness (QED) is 0.796. The van der Waals surface area contributed by atoms with Gasteiger partial charge in [0.2, 0.25) is 11.8 Å². The molecular formula is C22H26N2O2. The van der Waals surface area contributed by atoms with Crippen molar-refractivity contribution in [3.8, 4) is 0 Å². The van der Waals surface area contributed by atoms with E-state index >= 15 is 0 Å². The Kier molecular flexibility index (Phi) is 6.05. The van der Waals surface area contributed by atoms with Gasteiger partial charge in [-0.2, -0.15) is 0 Å². The van der Waals surface area contributed by atoms with Crippen LogP contribution in [0, 0.1) is 5.92 Å². The average Bonchev–Trinajstić information content (AvgIpc) is 2.67. The summed E-state index contributed by atoms with van der Waals surface area (Å²) in [7, 11) is 0. The first-order valence-electron chi connectivity index (χ1n) is 9.37. The Morgan fingerprint density at radius 3 is 2.65 bits per heavy atom. The number of carbonyl (C=O) groups is 2. The van der Waals surface area contributed by atoms with E-state index in [1.807, 2.05) is 42.5 Å². The van der Waals surface area contributed by atoms with Crippen LogP contribution >= 0.6 is 0 Å². The number of para-hydroxylation sites is 1. The average molecular weight is 350 g/mol. The molecule has 2 aromatic carbocycles. The van der Waals surface area contributed by atoms with Gasteiger partial charge in [0.1, 0.15) is 0 Å². The molecule has 0 saturated carbocycles. The Labute approximate surface area is 155 Å². The van der Waals surface area contributed by atoms with E-state index in [-0.39, 0.29) is 17.7 Å². The molecular weight excluding hydrogens is 324 g/mol. The molecule has 2 amide bonds. The molecule has 2 unspecified atom stereocenters. The van der Waals surface area contributed by atoms with Crippen molar-refractivity contribution in [3.05, 3.63) is 65.7 Å². The van der Waals surface area contributed by atoms with Gasteiger partial charge in [-0.1, -0.05) is 55.5 Å². The van der Waals surface area contributed by atoms with E-state index in [1.165, 1.54) is 5.56 Å². The Morgan fingerprint density at radius 2 is 1.88 bits per heavy atom. The molecule has 2 aromatic rings. The van der Waals surface area contributed by atoms with Gasteiger partial charge < -0.3 is 10.6 Å². The topological polar surface area (TPSA) is 58.2 Å². The predicted molar refractivity (Wildman–Crippen MR) is 104 cm³/mol. The molecule has 1 aliphatic rings. The fraction of sp³-hybridized carbons (Fsp3) is 0.364. The van der Waals surface area contributed by atoms with Crippen LogP contribution < -0.4 is 10.6 Å². The second kappa shape index (κ2) is 8.65. The van der Waals surface area contributed by atoms with Crippen LogP contribution in [0.1, 0.15) is 43.2 Å². The molecule has 0 fully saturated rings. The molecule has 0 aromatic heterocycles. The minimum absolute atomic E-state index is 0.0195. The third kappa shape index (κ3) is 4.51. The normalized spacial score (nSPS) is 17.1. The first-order valence-corrected chi connectivity index (χ1v) is 9.37. The molecule has 1 aliphatic heterocycles. The molecule has 4 nitrogen and oxygen atoms in total. The van der Waals surface area contributed by atoms with Crippen molar-refractivity contribution in [2.45, 2.75) is 38.5 Å². The molecule has 2 N–H and O–H groups in total. The third-order valence-electron chi connectivity index (χ3n) is 5.14. The van der Waals surface area contributed by atoms with Gasteiger partial charge in [0.15, 0.2) is 0 Å². The van der Waals surface area contributed by atoms with Crippen molar-refractivity contribution in [2.24, 2.45) is 5.92 Å². The van der Waals surface area contributed by atoms with Gasteiger partial charge in [0.25, 0.3) is 0 Å². The van der Waals surface area contributed by atoms with Gasteiger partial charge in [-0.05, 0) is 36.5 Å². The van der Waals surface area contributed by atoms with Gasteiger partial charge in [0, 0.05) is 30.5 Å². The van der Waals surface area contributed by atoms with Crippen LogP contribution in [0.25, 0.3) is 0 Å². The van der Waals surface area contributed by atoms with Gasteiger partial charge in [-0.25, -0.2) is 0 Å². The van der Waals surface area contributed by atoms with E-state index in [0.29, 0.717) is 31.7 Å². The molecule has 0 aliphatic carbocycles. The van der Waals surface area contributed by atoms with E-state index in [1.54, 1.807) is 0 Å². The van der Waals surface area contributed by atoms with Crippen LogP contribution in [0.15, 0.2) is 54.6 Å². The lowest BCUT2D eigenvalue weighted by molar-refractivity contribution is -0.122. The maximum atomic E-state index is 12.2. The minimum Gasteiger partial charge on any atom is -0.355 e. The van der Waals surface area contributed by atoms with Crippen LogP contribution in [-0.2, 0) is 16.0 Å². The highest BCUT2D eigenvalue weighted by atomic mass is 16.2. The van der Waals surface area contributed by atoms with Crippen molar-refractivity contribution < 1.29 is 9.59 Å². The number of amides is 2. The maximum Gasteiger partial charge on any atom is 0.227 e. The van der Waals surface area contributed by atoms with Gasteiger partial charge >= 0.3 is 0 Å². The van der Waals surface area contributed by atoms with Crippen LogP contribution in [0.5, 0.6) is 0 Å². The maximum absolute atomic E-state index is 12.2. The van der Waals surface area contributed by atoms with E-state index in [4.69, 9.17) is 0 Å². The molecule has 0 saturated heterocycles. The molecule has 3 rings (SSSR count). The van der Waals surface area contributed by atoms with Crippen LogP contribution in [0.4, 0.5) is 5.69 Å². The molecule has 0 radical (unpaired) electrons. The summed E-state index contributed by atoms with van der Waals surface area (Å²) in [6, 6.07) is 18.1. The van der Waals surface area contributed by atoms with Crippen molar-refractivity contribution in [3.63, 3.8) is 0 Å². The first kappa shape index (κ1) is 18.2. The Morgan fingerprint density at radius 1 is 1.15 bits per heavy atom. The fourth-order valence-electron chi connectivity index (χ4n) is 3.50. The summed E-state index contributed by atoms with van der Waals surface area (Å²) < 4.78 is 0. The standard InChI is InChI=1S/C22H26N2O2/c1-2-16(17-8-4-3-5-9-17)15-23-21(25)13-12-19-14-18-10-6-7-11-20(18)24-22(19)26/h3-11,16,19H,2,12-15H2,1H3,(H,23,25)(H,24,26). The van der Waals surface area contributed by atoms with Crippen molar-refractivity contribution in [1.29, 1.82) is 0 Å². The third-order valence-corrected chi connectivity index (χ3v) is 5.14. The van der Waals surface area contributed by atoms with Crippen LogP contribution in [0.3, 0.4) is 0 Å². The van der Waals surface area contributed by atoms with Crippen LogP contribution in [-0.4, -0.2) is 18.4 Å². The fourth-order valence-corrected chi connectivity index (χ4v) is 3.50. The summed E-state index contributed by atoms with van der Waals surface area (Å²) in [5.74, 6) is 0.231. The minimum atomic E-state index is -0.133. The summed E-state index contributed by atoms with van der Waals surface area (Å²) >= 11 is 0. The molecule has 1 heterocycles. The Balaban J connectivity index is 1.48. The molecule has 2 atom stereocenters. The summed E-state index contributed by atoms with van der Waals surface area (Å²) in [6.07, 6.45) is 2.64. The number of rotatable bonds is 7. The molecule has 0 spiro atoms. The van der Waals surface area contributed by atoms with Crippen molar-refractivity contribution in [2.75, 3.05) is 11.9 Å². The van der Waals surface area contributed by atoms with Crippen molar-refractivity contribution in [1.82, 2.24) is 5.32 Å². The number of anilines is 1. The zero-order valence-electron chi connectivity index (χ0n) is 15.2. The zero-order valence-corrected chi connectivity index (χ0v) is 15.2. The summed E-state index contributed by atoms with van der Waals surface area (Å²) in [6.45, 7) is 2.77. The number of benzene rings is 2. The van der Waals surface area contributed by atoms with Crippen LogP contribution in [0.2, 0.25) is 0 Å². The van der Waals surface area contributed by atoms with E-state index < -0.39 is 0 Å². The van der Waals surface area contributed by atoms with Gasteiger partial charge in [0.05, 0.1) is 0 Å². The SMILES string of the molecule is CCC(CNC(=O)CCC1Cc2ccccc2NC1=O)c1ccccc1. The van der Waals surface area contributed by atoms with E-state index in [2.05, 4.69) is 29.7 Å². The number of nitrogens with one attached hydrogen (secondary N) is 2. The highest BCUT2D eigenvalue weighted by molar-refractivity contribution is 5.96. The second-order valence-electron chi connectivity index (χ2n) is 6.91. The zero-order chi connectivity index (χ0) is 18.4. The second-order valence-corrected chi connectivity index (χ2v) is 6.91. The summed E-state index contributed by atoms with van der Waals surface area (Å²) in [4.78, 5) is 24.5. The van der Waals surface area contributed by atoms with E-state index in [0.717, 1.165) is 17.7 Å². The first-order chi connectivity index (χ1) is 12.7. The highest BCUT2D eigenvalue weighted by Gasteiger charge is 2.26.